The predicted molar refractivity (Wildman–Crippen MR) is 172 cm³/mol. The number of halogens is 3. The number of aryl methyl sites for hydroxylation is 1. The Morgan fingerprint density at radius 3 is 2.25 bits per heavy atom. The van der Waals surface area contributed by atoms with Crippen molar-refractivity contribution >= 4 is 34.4 Å². The summed E-state index contributed by atoms with van der Waals surface area (Å²) in [6.45, 7) is 2.90. The van der Waals surface area contributed by atoms with E-state index in [0.717, 1.165) is 11.1 Å². The first kappa shape index (κ1) is 37.1. The number of amides is 2. The zero-order valence-corrected chi connectivity index (χ0v) is 26.3. The van der Waals surface area contributed by atoms with Crippen molar-refractivity contribution < 1.29 is 46.9 Å². The van der Waals surface area contributed by atoms with Gasteiger partial charge in [-0.3, -0.25) is 14.4 Å². The highest BCUT2D eigenvalue weighted by Gasteiger charge is 2.38. The van der Waals surface area contributed by atoms with E-state index < -0.39 is 23.6 Å². The molecule has 4 rings (SSSR count). The summed E-state index contributed by atoms with van der Waals surface area (Å²) in [5.74, 6) is -2.79. The van der Waals surface area contributed by atoms with Crippen molar-refractivity contribution in [3.8, 4) is 11.5 Å². The number of aromatic amines is 1. The highest BCUT2D eigenvalue weighted by Crippen LogP contribution is 2.31. The van der Waals surface area contributed by atoms with Crippen molar-refractivity contribution in [3.05, 3.63) is 99.3 Å². The molecule has 1 heterocycles. The number of benzene rings is 3. The van der Waals surface area contributed by atoms with Gasteiger partial charge in [-0.25, -0.2) is 4.79 Å². The lowest BCUT2D eigenvalue weighted by Crippen LogP contribution is -2.30. The molecule has 0 saturated heterocycles. The number of alkyl halides is 3. The summed E-state index contributed by atoms with van der Waals surface area (Å²) in [5.41, 5.74) is 8.07. The minimum atomic E-state index is -5.08. The minimum absolute atomic E-state index is 0.0909. The molecule has 1 aromatic heterocycles. The highest BCUT2D eigenvalue weighted by molar-refractivity contribution is 6.07. The van der Waals surface area contributed by atoms with E-state index in [-0.39, 0.29) is 17.5 Å². The van der Waals surface area contributed by atoms with Crippen LogP contribution in [0.15, 0.2) is 71.5 Å². The van der Waals surface area contributed by atoms with Gasteiger partial charge in [0.05, 0.1) is 25.3 Å². The Hall–Kier alpha value is -5.41. The van der Waals surface area contributed by atoms with E-state index >= 15 is 0 Å². The Morgan fingerprint density at radius 2 is 1.65 bits per heavy atom. The van der Waals surface area contributed by atoms with Crippen LogP contribution in [-0.4, -0.2) is 68.0 Å². The summed E-state index contributed by atoms with van der Waals surface area (Å²) in [7, 11) is 3.07. The molecule has 0 unspecified atom stereocenters. The van der Waals surface area contributed by atoms with E-state index in [1.807, 2.05) is 30.3 Å². The van der Waals surface area contributed by atoms with Crippen LogP contribution in [0.2, 0.25) is 0 Å². The summed E-state index contributed by atoms with van der Waals surface area (Å²) in [4.78, 5) is 50.9. The van der Waals surface area contributed by atoms with Crippen molar-refractivity contribution in [1.82, 2.24) is 10.3 Å². The molecule has 0 bridgehead atoms. The summed E-state index contributed by atoms with van der Waals surface area (Å²) in [6.07, 6.45) is -4.51. The molecule has 0 aliphatic carbocycles. The predicted octanol–water partition coefficient (Wildman–Crippen LogP) is 4.58. The molecule has 0 aliphatic rings. The van der Waals surface area contributed by atoms with Crippen molar-refractivity contribution in [2.45, 2.75) is 25.6 Å². The quantitative estimate of drug-likeness (QED) is 0.135. The van der Waals surface area contributed by atoms with E-state index in [2.05, 4.69) is 15.6 Å². The number of nitrogens with two attached hydrogens (primary N) is 1. The van der Waals surface area contributed by atoms with Crippen LogP contribution in [0, 0.1) is 6.92 Å². The fourth-order valence-electron chi connectivity index (χ4n) is 4.39. The lowest BCUT2D eigenvalue weighted by atomic mass is 10.0. The van der Waals surface area contributed by atoms with Crippen molar-refractivity contribution in [2.24, 2.45) is 5.73 Å². The van der Waals surface area contributed by atoms with Crippen LogP contribution in [-0.2, 0) is 9.53 Å². The first-order valence-electron chi connectivity index (χ1n) is 14.4. The Bertz CT molecular complexity index is 1800. The standard InChI is InChI=1S/C31H34N4O6.C2HF3O2/c1-19-9-10-21(29(36)33-24(11-12-32)20-7-5-4-6-8-20)16-25(19)34-30(37)23-15-22-17-28(41-14-13-39-2)27(40-3)18-26(22)35-31(23)38;3-2(4,5)1(6)7/h4-10,15-18,24H,11-14,32H2,1-3H3,(H,33,36)(H,34,37)(H,35,38);(H,6,7)/t24-;/m1./s1. The number of hydrogen-bond donors (Lipinski definition) is 5. The number of carboxylic acid groups (broad SMARTS) is 1. The number of hydrogen-bond acceptors (Lipinski definition) is 8. The van der Waals surface area contributed by atoms with Gasteiger partial charge >= 0.3 is 12.1 Å². The number of nitrogens with one attached hydrogen (secondary N) is 3. The summed E-state index contributed by atoms with van der Waals surface area (Å²) in [6, 6.07) is 19.2. The van der Waals surface area contributed by atoms with Gasteiger partial charge in [-0.05, 0) is 55.3 Å². The van der Waals surface area contributed by atoms with Crippen LogP contribution in [0.5, 0.6) is 11.5 Å². The fourth-order valence-corrected chi connectivity index (χ4v) is 4.39. The number of aromatic nitrogens is 1. The van der Waals surface area contributed by atoms with Gasteiger partial charge in [0.15, 0.2) is 11.5 Å². The van der Waals surface area contributed by atoms with E-state index in [1.165, 1.54) is 13.2 Å². The van der Waals surface area contributed by atoms with Gasteiger partial charge in [-0.1, -0.05) is 36.4 Å². The van der Waals surface area contributed by atoms with Crippen LogP contribution >= 0.6 is 0 Å². The maximum Gasteiger partial charge on any atom is 0.490 e. The number of fused-ring (bicyclic) bond motifs is 1. The van der Waals surface area contributed by atoms with Gasteiger partial charge in [0.25, 0.3) is 17.4 Å². The molecule has 0 spiro atoms. The third-order valence-electron chi connectivity index (χ3n) is 6.87. The Balaban J connectivity index is 0.000000804. The third kappa shape index (κ3) is 10.0. The molecule has 1 atom stereocenters. The molecule has 256 valence electrons. The molecular formula is C33H35F3N4O8. The van der Waals surface area contributed by atoms with Crippen LogP contribution in [0.4, 0.5) is 18.9 Å². The summed E-state index contributed by atoms with van der Waals surface area (Å²) in [5, 5.41) is 13.5. The molecule has 0 radical (unpaired) electrons. The van der Waals surface area contributed by atoms with E-state index in [9.17, 15) is 27.6 Å². The van der Waals surface area contributed by atoms with Gasteiger partial charge < -0.3 is 40.7 Å². The number of carbonyl (C=O) groups excluding carboxylic acids is 2. The lowest BCUT2D eigenvalue weighted by Gasteiger charge is -2.19. The van der Waals surface area contributed by atoms with Crippen molar-refractivity contribution in [2.75, 3.05) is 39.3 Å². The second-order valence-corrected chi connectivity index (χ2v) is 10.2. The first-order chi connectivity index (χ1) is 22.8. The van der Waals surface area contributed by atoms with E-state index in [0.29, 0.717) is 59.8 Å². The average molecular weight is 673 g/mol. The number of ether oxygens (including phenoxy) is 3. The zero-order valence-electron chi connectivity index (χ0n) is 26.3. The number of aliphatic carboxylic acids is 1. The minimum Gasteiger partial charge on any atom is -0.493 e. The lowest BCUT2D eigenvalue weighted by molar-refractivity contribution is -0.192. The largest absolute Gasteiger partial charge is 0.493 e. The monoisotopic (exact) mass is 672 g/mol. The number of pyridine rings is 1. The first-order valence-corrected chi connectivity index (χ1v) is 14.4. The fraction of sp³-hybridized carbons (Fsp3) is 0.273. The molecule has 6 N–H and O–H groups in total. The summed E-state index contributed by atoms with van der Waals surface area (Å²) < 4.78 is 47.9. The third-order valence-corrected chi connectivity index (χ3v) is 6.87. The highest BCUT2D eigenvalue weighted by atomic mass is 19.4. The Labute approximate surface area is 273 Å². The number of H-pyrrole nitrogens is 1. The van der Waals surface area contributed by atoms with E-state index in [4.69, 9.17) is 29.8 Å². The molecular weight excluding hydrogens is 637 g/mol. The topological polar surface area (TPSA) is 182 Å². The van der Waals surface area contributed by atoms with Gasteiger partial charge in [-0.2, -0.15) is 13.2 Å². The molecule has 3 aromatic carbocycles. The molecule has 0 fully saturated rings. The number of carboxylic acids is 1. The number of methoxy groups -OCH3 is 2. The van der Waals surface area contributed by atoms with Crippen molar-refractivity contribution in [1.29, 1.82) is 0 Å². The number of carbonyl (C=O) groups is 3. The zero-order chi connectivity index (χ0) is 35.4. The molecule has 0 saturated carbocycles. The van der Waals surface area contributed by atoms with E-state index in [1.54, 1.807) is 44.4 Å². The Kier molecular flexibility index (Phi) is 13.1. The van der Waals surface area contributed by atoms with Crippen LogP contribution < -0.4 is 31.4 Å². The normalized spacial score (nSPS) is 11.6. The maximum atomic E-state index is 13.3. The van der Waals surface area contributed by atoms with Gasteiger partial charge in [0.2, 0.25) is 0 Å². The van der Waals surface area contributed by atoms with Gasteiger partial charge in [0, 0.05) is 29.8 Å². The number of anilines is 1. The average Bonchev–Trinajstić information content (AvgIpc) is 3.05. The SMILES string of the molecule is COCCOc1cc2cc(C(=O)Nc3cc(C(=O)N[C@H](CCN)c4ccccc4)ccc3C)c(=O)[nH]c2cc1OC.O=C(O)C(F)(F)F. The molecule has 48 heavy (non-hydrogen) atoms. The molecule has 2 amide bonds. The second-order valence-electron chi connectivity index (χ2n) is 10.2. The molecule has 0 aliphatic heterocycles. The van der Waals surface area contributed by atoms with Gasteiger partial charge in [-0.15, -0.1) is 0 Å². The van der Waals surface area contributed by atoms with Crippen LogP contribution in [0.25, 0.3) is 10.9 Å². The van der Waals surface area contributed by atoms with Gasteiger partial charge in [0.1, 0.15) is 12.2 Å². The smallest absolute Gasteiger partial charge is 0.490 e. The van der Waals surface area contributed by atoms with Crippen LogP contribution in [0.3, 0.4) is 0 Å². The van der Waals surface area contributed by atoms with Crippen molar-refractivity contribution in [3.63, 3.8) is 0 Å². The molecule has 15 heteroatoms. The Morgan fingerprint density at radius 1 is 0.958 bits per heavy atom. The molecule has 4 aromatic rings. The molecule has 12 nitrogen and oxygen atoms in total. The summed E-state index contributed by atoms with van der Waals surface area (Å²) >= 11 is 0. The second kappa shape index (κ2) is 16.9. The number of rotatable bonds is 12. The maximum absolute atomic E-state index is 13.3. The van der Waals surface area contributed by atoms with Crippen LogP contribution in [0.1, 0.15) is 44.3 Å².